The van der Waals surface area contributed by atoms with E-state index in [9.17, 15) is 9.59 Å². The predicted molar refractivity (Wildman–Crippen MR) is 110 cm³/mol. The normalized spacial score (nSPS) is 17.0. The van der Waals surface area contributed by atoms with Crippen LogP contribution in [0.4, 0.5) is 0 Å². The van der Waals surface area contributed by atoms with E-state index in [1.165, 1.54) is 39.2 Å². The molecule has 3 heterocycles. The van der Waals surface area contributed by atoms with Crippen LogP contribution in [-0.4, -0.2) is 33.8 Å². The van der Waals surface area contributed by atoms with Gasteiger partial charge in [-0.3, -0.25) is 9.48 Å². The Morgan fingerprint density at radius 2 is 2.07 bits per heavy atom. The summed E-state index contributed by atoms with van der Waals surface area (Å²) in [6, 6.07) is 0. The van der Waals surface area contributed by atoms with Gasteiger partial charge in [0, 0.05) is 17.8 Å². The predicted octanol–water partition coefficient (Wildman–Crippen LogP) is 3.37. The van der Waals surface area contributed by atoms with Gasteiger partial charge in [0.05, 0.1) is 37.2 Å². The van der Waals surface area contributed by atoms with Crippen molar-refractivity contribution >= 4 is 23.2 Å². The Hall–Kier alpha value is -2.22. The van der Waals surface area contributed by atoms with E-state index in [-0.39, 0.29) is 24.8 Å². The standard InChI is InChI=1S/C21H28N4O3S/c1-28-21(27)20-15(24-25-10-6-5-9-17(20)25)12-22-18(26)11-19-23-16(13-29-19)14-7-3-2-4-8-14/h13-14H,2-12H2,1H3,(H,22,26). The summed E-state index contributed by atoms with van der Waals surface area (Å²) in [6.45, 7) is 1.03. The fraction of sp³-hybridized carbons (Fsp3) is 0.619. The molecule has 1 aliphatic carbocycles. The monoisotopic (exact) mass is 416 g/mol. The molecule has 1 amide bonds. The van der Waals surface area contributed by atoms with Crippen molar-refractivity contribution in [2.24, 2.45) is 0 Å². The second-order valence-electron chi connectivity index (χ2n) is 7.89. The molecule has 2 aromatic rings. The molecule has 8 heteroatoms. The highest BCUT2D eigenvalue weighted by molar-refractivity contribution is 7.09. The molecule has 0 saturated heterocycles. The highest BCUT2D eigenvalue weighted by Gasteiger charge is 2.26. The molecular weight excluding hydrogens is 388 g/mol. The molecule has 1 N–H and O–H groups in total. The minimum atomic E-state index is -0.380. The second kappa shape index (κ2) is 9.07. The van der Waals surface area contributed by atoms with Gasteiger partial charge in [-0.1, -0.05) is 19.3 Å². The minimum Gasteiger partial charge on any atom is -0.465 e. The lowest BCUT2D eigenvalue weighted by Gasteiger charge is -2.19. The number of thiazole rings is 1. The highest BCUT2D eigenvalue weighted by Crippen LogP contribution is 2.33. The van der Waals surface area contributed by atoms with Crippen LogP contribution in [0.2, 0.25) is 0 Å². The van der Waals surface area contributed by atoms with E-state index in [2.05, 4.69) is 15.8 Å². The smallest absolute Gasteiger partial charge is 0.341 e. The van der Waals surface area contributed by atoms with Crippen LogP contribution in [0.25, 0.3) is 0 Å². The Balaban J connectivity index is 1.38. The van der Waals surface area contributed by atoms with Crippen molar-refractivity contribution in [2.45, 2.75) is 76.8 Å². The molecule has 0 bridgehead atoms. The first-order valence-electron chi connectivity index (χ1n) is 10.5. The minimum absolute atomic E-state index is 0.101. The average molecular weight is 417 g/mol. The number of rotatable bonds is 6. The van der Waals surface area contributed by atoms with Crippen molar-refractivity contribution in [3.8, 4) is 0 Å². The van der Waals surface area contributed by atoms with Gasteiger partial charge < -0.3 is 10.1 Å². The zero-order valence-electron chi connectivity index (χ0n) is 16.9. The number of amides is 1. The third kappa shape index (κ3) is 4.52. The van der Waals surface area contributed by atoms with Crippen LogP contribution in [0, 0.1) is 0 Å². The molecular formula is C21H28N4O3S. The third-order valence-electron chi connectivity index (χ3n) is 5.91. The number of methoxy groups -OCH3 is 1. The van der Waals surface area contributed by atoms with Gasteiger partial charge in [0.2, 0.25) is 5.91 Å². The zero-order valence-corrected chi connectivity index (χ0v) is 17.7. The van der Waals surface area contributed by atoms with E-state index in [1.54, 1.807) is 11.3 Å². The fourth-order valence-electron chi connectivity index (χ4n) is 4.38. The molecule has 0 aromatic carbocycles. The summed E-state index contributed by atoms with van der Waals surface area (Å²) in [5, 5.41) is 10.4. The summed E-state index contributed by atoms with van der Waals surface area (Å²) in [5.74, 6) is 0.0714. The van der Waals surface area contributed by atoms with Crippen molar-refractivity contribution in [3.63, 3.8) is 0 Å². The lowest BCUT2D eigenvalue weighted by atomic mass is 9.87. The van der Waals surface area contributed by atoms with Gasteiger partial charge in [-0.05, 0) is 32.1 Å². The van der Waals surface area contributed by atoms with Gasteiger partial charge in [-0.25, -0.2) is 9.78 Å². The summed E-state index contributed by atoms with van der Waals surface area (Å²) >= 11 is 1.56. The molecule has 0 atom stereocenters. The number of carbonyl (C=O) groups is 2. The van der Waals surface area contributed by atoms with Crippen molar-refractivity contribution in [2.75, 3.05) is 7.11 Å². The van der Waals surface area contributed by atoms with E-state index in [4.69, 9.17) is 9.72 Å². The molecule has 7 nitrogen and oxygen atoms in total. The number of fused-ring (bicyclic) bond motifs is 1. The van der Waals surface area contributed by atoms with Crippen LogP contribution in [0.1, 0.15) is 83.3 Å². The van der Waals surface area contributed by atoms with Gasteiger partial charge >= 0.3 is 5.97 Å². The van der Waals surface area contributed by atoms with Gasteiger partial charge in [0.15, 0.2) is 0 Å². The van der Waals surface area contributed by atoms with Crippen molar-refractivity contribution < 1.29 is 14.3 Å². The van der Waals surface area contributed by atoms with Crippen LogP contribution in [0.5, 0.6) is 0 Å². The van der Waals surface area contributed by atoms with Gasteiger partial charge in [0.25, 0.3) is 0 Å². The van der Waals surface area contributed by atoms with Crippen LogP contribution in [0.3, 0.4) is 0 Å². The number of aryl methyl sites for hydroxylation is 1. The van der Waals surface area contributed by atoms with E-state index < -0.39 is 0 Å². The number of esters is 1. The SMILES string of the molecule is COC(=O)c1c(CNC(=O)Cc2nc(C3CCCCC3)cs2)nn2c1CCCC2. The summed E-state index contributed by atoms with van der Waals surface area (Å²) in [6.07, 6.45) is 9.44. The highest BCUT2D eigenvalue weighted by atomic mass is 32.1. The molecule has 2 aliphatic rings. The van der Waals surface area contributed by atoms with E-state index in [0.29, 0.717) is 17.2 Å². The molecule has 0 radical (unpaired) electrons. The van der Waals surface area contributed by atoms with E-state index >= 15 is 0 Å². The summed E-state index contributed by atoms with van der Waals surface area (Å²) in [4.78, 5) is 29.4. The summed E-state index contributed by atoms with van der Waals surface area (Å²) in [5.41, 5.74) is 3.17. The zero-order chi connectivity index (χ0) is 20.2. The number of nitrogens with one attached hydrogen (secondary N) is 1. The quantitative estimate of drug-likeness (QED) is 0.730. The second-order valence-corrected chi connectivity index (χ2v) is 8.84. The summed E-state index contributed by atoms with van der Waals surface area (Å²) < 4.78 is 6.83. The first-order chi connectivity index (χ1) is 14.2. The van der Waals surface area contributed by atoms with Crippen molar-refractivity contribution in [1.29, 1.82) is 0 Å². The molecule has 29 heavy (non-hydrogen) atoms. The van der Waals surface area contributed by atoms with Gasteiger partial charge in [0.1, 0.15) is 10.6 Å². The van der Waals surface area contributed by atoms with Crippen LogP contribution in [0.15, 0.2) is 5.38 Å². The van der Waals surface area contributed by atoms with Crippen LogP contribution >= 0.6 is 11.3 Å². The maximum absolute atomic E-state index is 12.5. The number of aromatic nitrogens is 3. The molecule has 4 rings (SSSR count). The lowest BCUT2D eigenvalue weighted by Crippen LogP contribution is -2.25. The number of nitrogens with zero attached hydrogens (tertiary/aromatic N) is 3. The number of carbonyl (C=O) groups excluding carboxylic acids is 2. The molecule has 1 aliphatic heterocycles. The van der Waals surface area contributed by atoms with E-state index in [1.807, 2.05) is 4.68 Å². The number of hydrogen-bond acceptors (Lipinski definition) is 6. The first-order valence-corrected chi connectivity index (χ1v) is 11.4. The Bertz CT molecular complexity index is 883. The first kappa shape index (κ1) is 20.1. The molecule has 0 spiro atoms. The van der Waals surface area contributed by atoms with E-state index in [0.717, 1.165) is 42.2 Å². The average Bonchev–Trinajstić information content (AvgIpc) is 3.36. The fourth-order valence-corrected chi connectivity index (χ4v) is 5.25. The van der Waals surface area contributed by atoms with Crippen molar-refractivity contribution in [1.82, 2.24) is 20.1 Å². The lowest BCUT2D eigenvalue weighted by molar-refractivity contribution is -0.120. The van der Waals surface area contributed by atoms with Crippen LogP contribution < -0.4 is 5.32 Å². The van der Waals surface area contributed by atoms with Gasteiger partial charge in [-0.15, -0.1) is 11.3 Å². The van der Waals surface area contributed by atoms with Crippen molar-refractivity contribution in [3.05, 3.63) is 33.0 Å². The van der Waals surface area contributed by atoms with Crippen LogP contribution in [-0.2, 0) is 35.5 Å². The largest absolute Gasteiger partial charge is 0.465 e. The molecule has 156 valence electrons. The topological polar surface area (TPSA) is 86.1 Å². The molecule has 1 fully saturated rings. The Kier molecular flexibility index (Phi) is 6.28. The number of hydrogen-bond donors (Lipinski definition) is 1. The molecule has 1 saturated carbocycles. The molecule has 0 unspecified atom stereocenters. The number of ether oxygens (including phenoxy) is 1. The maximum atomic E-state index is 12.5. The third-order valence-corrected chi connectivity index (χ3v) is 6.78. The van der Waals surface area contributed by atoms with Gasteiger partial charge in [-0.2, -0.15) is 5.10 Å². The summed E-state index contributed by atoms with van der Waals surface area (Å²) in [7, 11) is 1.38. The Morgan fingerprint density at radius 1 is 1.24 bits per heavy atom. The molecule has 2 aromatic heterocycles. The Labute approximate surface area is 174 Å². The Morgan fingerprint density at radius 3 is 2.86 bits per heavy atom. The maximum Gasteiger partial charge on any atom is 0.341 e.